The van der Waals surface area contributed by atoms with Gasteiger partial charge in [0, 0.05) is 26.2 Å². The zero-order valence-corrected chi connectivity index (χ0v) is 12.7. The van der Waals surface area contributed by atoms with Crippen molar-refractivity contribution in [1.82, 2.24) is 15.1 Å². The summed E-state index contributed by atoms with van der Waals surface area (Å²) >= 11 is 0. The summed E-state index contributed by atoms with van der Waals surface area (Å²) in [6.45, 7) is 8.62. The molecule has 1 N–H and O–H groups in total. The lowest BCUT2D eigenvalue weighted by Gasteiger charge is -2.30. The molecule has 4 heteroatoms. The second-order valence-electron chi connectivity index (χ2n) is 6.45. The van der Waals surface area contributed by atoms with E-state index in [0.29, 0.717) is 6.04 Å². The van der Waals surface area contributed by atoms with Crippen LogP contribution in [-0.2, 0) is 0 Å². The number of carbonyl (C=O) groups excluding carboxylic acids is 1. The second-order valence-corrected chi connectivity index (χ2v) is 6.45. The number of piperidine rings is 1. The first-order chi connectivity index (χ1) is 9.08. The minimum Gasteiger partial charge on any atom is -0.337 e. The number of nitrogens with zero attached hydrogens (tertiary/aromatic N) is 2. The quantitative estimate of drug-likeness (QED) is 0.828. The summed E-state index contributed by atoms with van der Waals surface area (Å²) in [5.41, 5.74) is 0. The molecule has 19 heavy (non-hydrogen) atoms. The van der Waals surface area contributed by atoms with E-state index in [0.717, 1.165) is 24.9 Å². The van der Waals surface area contributed by atoms with Crippen LogP contribution in [0.15, 0.2) is 0 Å². The van der Waals surface area contributed by atoms with E-state index in [9.17, 15) is 4.79 Å². The van der Waals surface area contributed by atoms with Gasteiger partial charge in [-0.2, -0.15) is 0 Å². The molecule has 1 atom stereocenters. The number of rotatable bonds is 5. The molecule has 2 rings (SSSR count). The molecule has 1 saturated carbocycles. The lowest BCUT2D eigenvalue weighted by molar-refractivity contribution is 0.176. The van der Waals surface area contributed by atoms with Crippen LogP contribution in [0.25, 0.3) is 0 Å². The molecule has 0 aromatic heterocycles. The lowest BCUT2D eigenvalue weighted by atomic mass is 9.99. The standard InChI is InChI=1S/C15H29N3O/c1-12-6-9-18(10-7-12)11-8-16-15(19)17(3)13(2)14-4-5-14/h12-14H,4-11H2,1-3H3,(H,16,19). The second kappa shape index (κ2) is 6.60. The Balaban J connectivity index is 1.60. The maximum absolute atomic E-state index is 12.0. The molecule has 4 nitrogen and oxygen atoms in total. The summed E-state index contributed by atoms with van der Waals surface area (Å²) in [5, 5.41) is 3.05. The van der Waals surface area contributed by atoms with E-state index in [-0.39, 0.29) is 6.03 Å². The number of hydrogen-bond acceptors (Lipinski definition) is 2. The van der Waals surface area contributed by atoms with Crippen molar-refractivity contribution >= 4 is 6.03 Å². The molecule has 110 valence electrons. The molecular formula is C15H29N3O. The SMILES string of the molecule is CC1CCN(CCNC(=O)N(C)C(C)C2CC2)CC1. The molecule has 0 aromatic rings. The van der Waals surface area contributed by atoms with E-state index in [1.54, 1.807) is 0 Å². The Bertz CT molecular complexity index is 296. The molecular weight excluding hydrogens is 238 g/mol. The smallest absolute Gasteiger partial charge is 0.317 e. The summed E-state index contributed by atoms with van der Waals surface area (Å²) in [6.07, 6.45) is 5.16. The van der Waals surface area contributed by atoms with Gasteiger partial charge in [-0.25, -0.2) is 4.79 Å². The Kier molecular flexibility index (Phi) is 5.08. The molecule has 2 amide bonds. The van der Waals surface area contributed by atoms with Gasteiger partial charge >= 0.3 is 6.03 Å². The van der Waals surface area contributed by atoms with Gasteiger partial charge in [0.15, 0.2) is 0 Å². The third-order valence-corrected chi connectivity index (χ3v) is 4.82. The van der Waals surface area contributed by atoms with Crippen molar-refractivity contribution in [3.05, 3.63) is 0 Å². The fourth-order valence-electron chi connectivity index (χ4n) is 2.81. The topological polar surface area (TPSA) is 35.6 Å². The van der Waals surface area contributed by atoms with Crippen LogP contribution < -0.4 is 5.32 Å². The summed E-state index contributed by atoms with van der Waals surface area (Å²) in [5.74, 6) is 1.61. The molecule has 1 aliphatic carbocycles. The Morgan fingerprint density at radius 1 is 1.32 bits per heavy atom. The van der Waals surface area contributed by atoms with Gasteiger partial charge in [-0.15, -0.1) is 0 Å². The van der Waals surface area contributed by atoms with Gasteiger partial charge in [-0.05, 0) is 57.5 Å². The first-order valence-electron chi connectivity index (χ1n) is 7.81. The van der Waals surface area contributed by atoms with Crippen LogP contribution >= 0.6 is 0 Å². The molecule has 1 heterocycles. The summed E-state index contributed by atoms with van der Waals surface area (Å²) < 4.78 is 0. The average Bonchev–Trinajstić information content (AvgIpc) is 3.23. The molecule has 1 saturated heterocycles. The Morgan fingerprint density at radius 2 is 1.95 bits per heavy atom. The van der Waals surface area contributed by atoms with Crippen molar-refractivity contribution in [2.75, 3.05) is 33.2 Å². The maximum atomic E-state index is 12.0. The number of urea groups is 1. The number of hydrogen-bond donors (Lipinski definition) is 1. The number of likely N-dealkylation sites (tertiary alicyclic amines) is 1. The third-order valence-electron chi connectivity index (χ3n) is 4.82. The fraction of sp³-hybridized carbons (Fsp3) is 0.933. The van der Waals surface area contributed by atoms with Crippen molar-refractivity contribution in [2.45, 2.75) is 45.6 Å². The van der Waals surface area contributed by atoms with E-state index in [4.69, 9.17) is 0 Å². The molecule has 0 spiro atoms. The van der Waals surface area contributed by atoms with Crippen LogP contribution in [0.4, 0.5) is 4.79 Å². The molecule has 1 unspecified atom stereocenters. The van der Waals surface area contributed by atoms with Crippen molar-refractivity contribution in [3.8, 4) is 0 Å². The van der Waals surface area contributed by atoms with E-state index in [1.807, 2.05) is 11.9 Å². The van der Waals surface area contributed by atoms with Crippen LogP contribution in [-0.4, -0.2) is 55.1 Å². The molecule has 2 fully saturated rings. The molecule has 0 radical (unpaired) electrons. The van der Waals surface area contributed by atoms with Crippen LogP contribution in [0.1, 0.15) is 39.5 Å². The highest BCUT2D eigenvalue weighted by Gasteiger charge is 2.32. The highest BCUT2D eigenvalue weighted by molar-refractivity contribution is 5.74. The van der Waals surface area contributed by atoms with E-state index < -0.39 is 0 Å². The molecule has 0 bridgehead atoms. The fourth-order valence-corrected chi connectivity index (χ4v) is 2.81. The number of carbonyl (C=O) groups is 1. The average molecular weight is 267 g/mol. The van der Waals surface area contributed by atoms with E-state index in [2.05, 4.69) is 24.1 Å². The minimum atomic E-state index is 0.0878. The van der Waals surface area contributed by atoms with Gasteiger partial charge in [-0.1, -0.05) is 6.92 Å². The van der Waals surface area contributed by atoms with Crippen molar-refractivity contribution in [1.29, 1.82) is 0 Å². The van der Waals surface area contributed by atoms with Crippen LogP contribution in [0.2, 0.25) is 0 Å². The first-order valence-corrected chi connectivity index (χ1v) is 7.81. The normalized spacial score (nSPS) is 23.1. The summed E-state index contributed by atoms with van der Waals surface area (Å²) in [4.78, 5) is 16.3. The summed E-state index contributed by atoms with van der Waals surface area (Å²) in [7, 11) is 1.92. The van der Waals surface area contributed by atoms with Gasteiger partial charge in [0.25, 0.3) is 0 Å². The summed E-state index contributed by atoms with van der Waals surface area (Å²) in [6, 6.07) is 0.473. The van der Waals surface area contributed by atoms with Gasteiger partial charge in [0.05, 0.1) is 0 Å². The van der Waals surface area contributed by atoms with Gasteiger partial charge in [-0.3, -0.25) is 0 Å². The van der Waals surface area contributed by atoms with Gasteiger partial charge < -0.3 is 15.1 Å². The monoisotopic (exact) mass is 267 g/mol. The molecule has 0 aromatic carbocycles. The molecule has 2 aliphatic rings. The molecule has 1 aliphatic heterocycles. The van der Waals surface area contributed by atoms with Crippen molar-refractivity contribution < 1.29 is 4.79 Å². The predicted octanol–water partition coefficient (Wildman–Crippen LogP) is 2.16. The third kappa shape index (κ3) is 4.37. The van der Waals surface area contributed by atoms with Gasteiger partial charge in [0.1, 0.15) is 0 Å². The van der Waals surface area contributed by atoms with E-state index in [1.165, 1.54) is 38.8 Å². The zero-order chi connectivity index (χ0) is 13.8. The Labute approximate surface area is 117 Å². The predicted molar refractivity (Wildman–Crippen MR) is 78.2 cm³/mol. The number of nitrogens with one attached hydrogen (secondary N) is 1. The minimum absolute atomic E-state index is 0.0878. The maximum Gasteiger partial charge on any atom is 0.317 e. The Hall–Kier alpha value is -0.770. The highest BCUT2D eigenvalue weighted by atomic mass is 16.2. The highest BCUT2D eigenvalue weighted by Crippen LogP contribution is 2.34. The number of amides is 2. The first kappa shape index (κ1) is 14.6. The van der Waals surface area contributed by atoms with E-state index >= 15 is 0 Å². The zero-order valence-electron chi connectivity index (χ0n) is 12.7. The van der Waals surface area contributed by atoms with Gasteiger partial charge in [0.2, 0.25) is 0 Å². The Morgan fingerprint density at radius 3 is 2.53 bits per heavy atom. The van der Waals surface area contributed by atoms with Crippen LogP contribution in [0.3, 0.4) is 0 Å². The van der Waals surface area contributed by atoms with Crippen LogP contribution in [0.5, 0.6) is 0 Å². The van der Waals surface area contributed by atoms with Crippen molar-refractivity contribution in [2.24, 2.45) is 11.8 Å². The van der Waals surface area contributed by atoms with Crippen molar-refractivity contribution in [3.63, 3.8) is 0 Å². The van der Waals surface area contributed by atoms with Crippen LogP contribution in [0, 0.1) is 11.8 Å². The largest absolute Gasteiger partial charge is 0.337 e. The lowest BCUT2D eigenvalue weighted by Crippen LogP contribution is -2.46.